The van der Waals surface area contributed by atoms with Gasteiger partial charge in [-0.2, -0.15) is 0 Å². The van der Waals surface area contributed by atoms with E-state index < -0.39 is 0 Å². The maximum Gasteiger partial charge on any atom is 0.239 e. The van der Waals surface area contributed by atoms with Crippen molar-refractivity contribution in [2.45, 2.75) is 45.7 Å². The highest BCUT2D eigenvalue weighted by Crippen LogP contribution is 2.19. The molecule has 1 fully saturated rings. The summed E-state index contributed by atoms with van der Waals surface area (Å²) >= 11 is 0. The van der Waals surface area contributed by atoms with Gasteiger partial charge in [0.25, 0.3) is 0 Å². The van der Waals surface area contributed by atoms with Crippen molar-refractivity contribution < 1.29 is 4.79 Å². The molecule has 0 bridgehead atoms. The van der Waals surface area contributed by atoms with Crippen molar-refractivity contribution >= 4 is 5.91 Å². The third kappa shape index (κ3) is 4.58. The lowest BCUT2D eigenvalue weighted by molar-refractivity contribution is -0.134. The summed E-state index contributed by atoms with van der Waals surface area (Å²) in [4.78, 5) is 15.9. The predicted molar refractivity (Wildman–Crippen MR) is 75.6 cm³/mol. The summed E-state index contributed by atoms with van der Waals surface area (Å²) in [7, 11) is 3.66. The fourth-order valence-electron chi connectivity index (χ4n) is 2.48. The average Bonchev–Trinajstić information content (AvgIpc) is 2.35. The first-order valence-electron chi connectivity index (χ1n) is 7.10. The maximum absolute atomic E-state index is 11.9. The number of amides is 1. The molecule has 1 aliphatic rings. The minimum absolute atomic E-state index is 0.0269. The Hall–Kier alpha value is -0.610. The van der Waals surface area contributed by atoms with E-state index in [0.717, 1.165) is 25.6 Å². The zero-order chi connectivity index (χ0) is 13.7. The number of carbonyl (C=O) groups excluding carboxylic acids is 1. The van der Waals surface area contributed by atoms with Crippen molar-refractivity contribution in [3.8, 4) is 0 Å². The van der Waals surface area contributed by atoms with Crippen molar-refractivity contribution in [1.82, 2.24) is 15.1 Å². The van der Waals surface area contributed by atoms with Gasteiger partial charge in [-0.25, -0.2) is 0 Å². The van der Waals surface area contributed by atoms with E-state index in [1.807, 2.05) is 21.0 Å². The molecule has 1 saturated heterocycles. The SMILES string of the molecule is CC(C)NCC1CCN(C(C)C(=O)N(C)C)CC1. The Balaban J connectivity index is 2.32. The molecule has 1 heterocycles. The molecule has 0 aromatic heterocycles. The van der Waals surface area contributed by atoms with Crippen molar-refractivity contribution in [1.29, 1.82) is 0 Å². The molecule has 0 radical (unpaired) electrons. The minimum Gasteiger partial charge on any atom is -0.347 e. The van der Waals surface area contributed by atoms with E-state index in [2.05, 4.69) is 24.1 Å². The Kier molecular flexibility index (Phi) is 6.09. The number of carbonyl (C=O) groups is 1. The molecule has 1 N–H and O–H groups in total. The second kappa shape index (κ2) is 7.10. The largest absolute Gasteiger partial charge is 0.347 e. The third-order valence-corrected chi connectivity index (χ3v) is 3.81. The first kappa shape index (κ1) is 15.4. The van der Waals surface area contributed by atoms with Gasteiger partial charge in [0.05, 0.1) is 6.04 Å². The van der Waals surface area contributed by atoms with Gasteiger partial charge in [-0.1, -0.05) is 13.8 Å². The topological polar surface area (TPSA) is 35.6 Å². The van der Waals surface area contributed by atoms with Gasteiger partial charge in [0.15, 0.2) is 0 Å². The molecule has 0 spiro atoms. The highest BCUT2D eigenvalue weighted by Gasteiger charge is 2.27. The van der Waals surface area contributed by atoms with E-state index >= 15 is 0 Å². The summed E-state index contributed by atoms with van der Waals surface area (Å²) in [6.45, 7) is 9.60. The Morgan fingerprint density at radius 3 is 2.28 bits per heavy atom. The van der Waals surface area contributed by atoms with E-state index in [9.17, 15) is 4.79 Å². The van der Waals surface area contributed by atoms with Gasteiger partial charge in [-0.15, -0.1) is 0 Å². The molecule has 0 aromatic carbocycles. The summed E-state index contributed by atoms with van der Waals surface area (Å²) in [5, 5.41) is 3.51. The zero-order valence-electron chi connectivity index (χ0n) is 12.6. The average molecular weight is 255 g/mol. The van der Waals surface area contributed by atoms with Crippen LogP contribution < -0.4 is 5.32 Å². The normalized spacial score (nSPS) is 20.1. The summed E-state index contributed by atoms with van der Waals surface area (Å²) in [6.07, 6.45) is 2.40. The summed E-state index contributed by atoms with van der Waals surface area (Å²) in [5.41, 5.74) is 0. The van der Waals surface area contributed by atoms with Crippen molar-refractivity contribution in [2.24, 2.45) is 5.92 Å². The van der Waals surface area contributed by atoms with Gasteiger partial charge < -0.3 is 10.2 Å². The molecule has 0 saturated carbocycles. The minimum atomic E-state index is 0.0269. The van der Waals surface area contributed by atoms with Gasteiger partial charge in [0, 0.05) is 20.1 Å². The van der Waals surface area contributed by atoms with Gasteiger partial charge in [-0.05, 0) is 45.3 Å². The number of nitrogens with one attached hydrogen (secondary N) is 1. The smallest absolute Gasteiger partial charge is 0.239 e. The molecule has 4 nitrogen and oxygen atoms in total. The second-order valence-corrected chi connectivity index (χ2v) is 5.95. The van der Waals surface area contributed by atoms with Gasteiger partial charge >= 0.3 is 0 Å². The summed E-state index contributed by atoms with van der Waals surface area (Å²) in [5.74, 6) is 0.985. The molecular formula is C14H29N3O. The fourth-order valence-corrected chi connectivity index (χ4v) is 2.48. The number of piperidine rings is 1. The van der Waals surface area contributed by atoms with Gasteiger partial charge in [0.1, 0.15) is 0 Å². The number of likely N-dealkylation sites (tertiary alicyclic amines) is 1. The molecular weight excluding hydrogens is 226 g/mol. The van der Waals surface area contributed by atoms with Crippen LogP contribution in [-0.2, 0) is 4.79 Å². The highest BCUT2D eigenvalue weighted by molar-refractivity contribution is 5.80. The number of likely N-dealkylation sites (N-methyl/N-ethyl adjacent to an activating group) is 1. The Bertz CT molecular complexity index is 258. The predicted octanol–water partition coefficient (Wildman–Crippen LogP) is 1.17. The molecule has 0 aromatic rings. The van der Waals surface area contributed by atoms with Gasteiger partial charge in [0.2, 0.25) is 5.91 Å². The number of rotatable bonds is 5. The van der Waals surface area contributed by atoms with E-state index in [-0.39, 0.29) is 11.9 Å². The molecule has 1 aliphatic heterocycles. The summed E-state index contributed by atoms with van der Waals surface area (Å²) in [6, 6.07) is 0.594. The Labute approximate surface area is 112 Å². The molecule has 0 aliphatic carbocycles. The maximum atomic E-state index is 11.9. The van der Waals surface area contributed by atoms with Crippen LogP contribution >= 0.6 is 0 Å². The molecule has 106 valence electrons. The zero-order valence-corrected chi connectivity index (χ0v) is 12.6. The van der Waals surface area contributed by atoms with Crippen molar-refractivity contribution in [3.05, 3.63) is 0 Å². The molecule has 1 amide bonds. The van der Waals surface area contributed by atoms with E-state index in [1.165, 1.54) is 12.8 Å². The highest BCUT2D eigenvalue weighted by atomic mass is 16.2. The molecule has 1 unspecified atom stereocenters. The Morgan fingerprint density at radius 2 is 1.83 bits per heavy atom. The van der Waals surface area contributed by atoms with Gasteiger partial charge in [-0.3, -0.25) is 9.69 Å². The summed E-state index contributed by atoms with van der Waals surface area (Å²) < 4.78 is 0. The lowest BCUT2D eigenvalue weighted by atomic mass is 9.95. The molecule has 1 atom stereocenters. The van der Waals surface area contributed by atoms with Crippen LogP contribution in [0.5, 0.6) is 0 Å². The molecule has 1 rings (SSSR count). The van der Waals surface area contributed by atoms with Crippen LogP contribution in [0.25, 0.3) is 0 Å². The number of nitrogens with zero attached hydrogens (tertiary/aromatic N) is 2. The quantitative estimate of drug-likeness (QED) is 0.801. The van der Waals surface area contributed by atoms with Crippen molar-refractivity contribution in [3.63, 3.8) is 0 Å². The second-order valence-electron chi connectivity index (χ2n) is 5.95. The number of hydrogen-bond acceptors (Lipinski definition) is 3. The fraction of sp³-hybridized carbons (Fsp3) is 0.929. The third-order valence-electron chi connectivity index (χ3n) is 3.81. The molecule has 18 heavy (non-hydrogen) atoms. The van der Waals surface area contributed by atoms with Crippen LogP contribution in [0, 0.1) is 5.92 Å². The van der Waals surface area contributed by atoms with Crippen LogP contribution in [0.1, 0.15) is 33.6 Å². The van der Waals surface area contributed by atoms with Crippen LogP contribution in [0.3, 0.4) is 0 Å². The first-order valence-corrected chi connectivity index (χ1v) is 7.10. The van der Waals surface area contributed by atoms with Crippen LogP contribution in [0.15, 0.2) is 0 Å². The van der Waals surface area contributed by atoms with E-state index in [4.69, 9.17) is 0 Å². The standard InChI is InChI=1S/C14H29N3O/c1-11(2)15-10-13-6-8-17(9-7-13)12(3)14(18)16(4)5/h11-13,15H,6-10H2,1-5H3. The first-order chi connectivity index (χ1) is 8.41. The lowest BCUT2D eigenvalue weighted by Crippen LogP contribution is -2.48. The molecule has 4 heteroatoms. The van der Waals surface area contributed by atoms with Crippen molar-refractivity contribution in [2.75, 3.05) is 33.7 Å². The monoisotopic (exact) mass is 255 g/mol. The van der Waals surface area contributed by atoms with Crippen LogP contribution in [-0.4, -0.2) is 61.5 Å². The van der Waals surface area contributed by atoms with Crippen LogP contribution in [0.2, 0.25) is 0 Å². The number of hydrogen-bond donors (Lipinski definition) is 1. The van der Waals surface area contributed by atoms with Crippen LogP contribution in [0.4, 0.5) is 0 Å². The Morgan fingerprint density at radius 1 is 1.28 bits per heavy atom. The van der Waals surface area contributed by atoms with E-state index in [1.54, 1.807) is 4.90 Å². The van der Waals surface area contributed by atoms with E-state index in [0.29, 0.717) is 6.04 Å². The lowest BCUT2D eigenvalue weighted by Gasteiger charge is -2.36.